The van der Waals surface area contributed by atoms with Crippen LogP contribution in [-0.4, -0.2) is 19.6 Å². The quantitative estimate of drug-likeness (QED) is 0.686. The monoisotopic (exact) mass is 243 g/mol. The molecule has 0 fully saturated rings. The number of aromatic nitrogens is 4. The molecule has 0 aliphatic heterocycles. The molecule has 0 unspecified atom stereocenters. The molecule has 68 valence electrons. The van der Waals surface area contributed by atoms with E-state index in [0.717, 1.165) is 10.2 Å². The summed E-state index contributed by atoms with van der Waals surface area (Å²) in [6.45, 7) is 1.80. The fraction of sp³-hybridized carbons (Fsp3) is 0.167. The highest BCUT2D eigenvalue weighted by molar-refractivity contribution is 9.10. The molecule has 0 saturated heterocycles. The van der Waals surface area contributed by atoms with Crippen molar-refractivity contribution in [2.45, 2.75) is 6.92 Å². The van der Waals surface area contributed by atoms with Crippen molar-refractivity contribution in [3.05, 3.63) is 20.7 Å². The molecule has 0 saturated carbocycles. The van der Waals surface area contributed by atoms with Gasteiger partial charge in [-0.3, -0.25) is 4.98 Å². The van der Waals surface area contributed by atoms with Crippen LogP contribution in [0.4, 0.5) is 5.95 Å². The molecular weight excluding hydrogens is 238 g/mol. The summed E-state index contributed by atoms with van der Waals surface area (Å²) in [7, 11) is 0. The molecular formula is C6H6BrN5O. The predicted molar refractivity (Wildman–Crippen MR) is 50.5 cm³/mol. The second-order valence-corrected chi connectivity index (χ2v) is 3.35. The molecule has 0 amide bonds. The third-order valence-corrected chi connectivity index (χ3v) is 2.60. The number of nitrogens with zero attached hydrogens (tertiary/aromatic N) is 3. The largest absolute Gasteiger partial charge is 0.368 e. The van der Waals surface area contributed by atoms with Gasteiger partial charge < -0.3 is 5.73 Å². The van der Waals surface area contributed by atoms with E-state index in [1.165, 1.54) is 4.52 Å². The van der Waals surface area contributed by atoms with Crippen molar-refractivity contribution in [2.75, 3.05) is 5.73 Å². The van der Waals surface area contributed by atoms with Crippen molar-refractivity contribution in [3.8, 4) is 0 Å². The van der Waals surface area contributed by atoms with Gasteiger partial charge in [-0.1, -0.05) is 0 Å². The second kappa shape index (κ2) is 2.56. The fourth-order valence-corrected chi connectivity index (χ4v) is 1.41. The van der Waals surface area contributed by atoms with Gasteiger partial charge in [-0.25, -0.2) is 4.79 Å². The molecule has 2 aromatic rings. The van der Waals surface area contributed by atoms with Crippen molar-refractivity contribution in [2.24, 2.45) is 0 Å². The lowest BCUT2D eigenvalue weighted by atomic mass is 10.5. The second-order valence-electron chi connectivity index (χ2n) is 2.56. The Hall–Kier alpha value is -1.37. The average molecular weight is 244 g/mol. The minimum absolute atomic E-state index is 0.0764. The molecule has 2 aromatic heterocycles. The van der Waals surface area contributed by atoms with E-state index < -0.39 is 5.69 Å². The minimum atomic E-state index is -0.481. The standard InChI is InChI=1S/C6H6BrN5O/c1-2-3(7)4-9-6(13)10-5(8)12(4)11-2/h1H3,(H3,8,9,10,13). The maximum atomic E-state index is 11.0. The molecule has 6 nitrogen and oxygen atoms in total. The number of aryl methyl sites for hydroxylation is 1. The Morgan fingerprint density at radius 1 is 1.62 bits per heavy atom. The van der Waals surface area contributed by atoms with Crippen LogP contribution in [0.5, 0.6) is 0 Å². The van der Waals surface area contributed by atoms with Crippen LogP contribution in [0.15, 0.2) is 9.27 Å². The first kappa shape index (κ1) is 8.24. The van der Waals surface area contributed by atoms with E-state index in [1.807, 2.05) is 0 Å². The van der Waals surface area contributed by atoms with E-state index in [2.05, 4.69) is 31.0 Å². The number of fused-ring (bicyclic) bond motifs is 1. The number of halogens is 1. The Labute approximate surface area is 80.9 Å². The smallest absolute Gasteiger partial charge is 0.349 e. The van der Waals surface area contributed by atoms with Crippen LogP contribution in [0.2, 0.25) is 0 Å². The first-order valence-corrected chi connectivity index (χ1v) is 4.29. The van der Waals surface area contributed by atoms with Crippen molar-refractivity contribution in [1.29, 1.82) is 0 Å². The van der Waals surface area contributed by atoms with Gasteiger partial charge in [0.15, 0.2) is 5.65 Å². The lowest BCUT2D eigenvalue weighted by Gasteiger charge is -1.94. The van der Waals surface area contributed by atoms with E-state index in [9.17, 15) is 4.79 Å². The number of nitrogens with one attached hydrogen (secondary N) is 1. The van der Waals surface area contributed by atoms with Crippen molar-refractivity contribution < 1.29 is 0 Å². The first-order valence-electron chi connectivity index (χ1n) is 3.50. The Kier molecular flexibility index (Phi) is 1.62. The van der Waals surface area contributed by atoms with Gasteiger partial charge in [-0.2, -0.15) is 14.6 Å². The summed E-state index contributed by atoms with van der Waals surface area (Å²) in [4.78, 5) is 17.0. The SMILES string of the molecule is Cc1nn2c(N)nc(=O)[nH]c2c1Br. The van der Waals surface area contributed by atoms with Gasteiger partial charge in [0.2, 0.25) is 5.95 Å². The first-order chi connectivity index (χ1) is 6.09. The maximum absolute atomic E-state index is 11.0. The van der Waals surface area contributed by atoms with Crippen LogP contribution in [-0.2, 0) is 0 Å². The molecule has 0 atom stereocenters. The summed E-state index contributed by atoms with van der Waals surface area (Å²) in [5.74, 6) is 0.0764. The molecule has 0 aliphatic carbocycles. The fourth-order valence-electron chi connectivity index (χ4n) is 1.06. The van der Waals surface area contributed by atoms with E-state index in [-0.39, 0.29) is 5.95 Å². The molecule has 3 N–H and O–H groups in total. The zero-order valence-corrected chi connectivity index (χ0v) is 8.29. The van der Waals surface area contributed by atoms with E-state index in [4.69, 9.17) is 5.73 Å². The van der Waals surface area contributed by atoms with Gasteiger partial charge in [-0.05, 0) is 22.9 Å². The summed E-state index contributed by atoms with van der Waals surface area (Å²) < 4.78 is 2.10. The number of anilines is 1. The highest BCUT2D eigenvalue weighted by Gasteiger charge is 2.09. The summed E-state index contributed by atoms with van der Waals surface area (Å²) in [5.41, 5.74) is 6.28. The number of H-pyrrole nitrogens is 1. The van der Waals surface area contributed by atoms with Crippen LogP contribution in [0.25, 0.3) is 5.65 Å². The molecule has 0 aliphatic rings. The highest BCUT2D eigenvalue weighted by atomic mass is 79.9. The molecule has 0 bridgehead atoms. The van der Waals surface area contributed by atoms with Crippen LogP contribution in [0.1, 0.15) is 5.69 Å². The summed E-state index contributed by atoms with van der Waals surface area (Å²) >= 11 is 3.28. The van der Waals surface area contributed by atoms with E-state index in [0.29, 0.717) is 5.65 Å². The molecule has 2 heterocycles. The highest BCUT2D eigenvalue weighted by Crippen LogP contribution is 2.19. The minimum Gasteiger partial charge on any atom is -0.368 e. The number of hydrogen-bond acceptors (Lipinski definition) is 4. The molecule has 0 radical (unpaired) electrons. The summed E-state index contributed by atoms with van der Waals surface area (Å²) in [6.07, 6.45) is 0. The third-order valence-electron chi connectivity index (χ3n) is 1.65. The number of aromatic amines is 1. The Morgan fingerprint density at radius 2 is 2.31 bits per heavy atom. The van der Waals surface area contributed by atoms with Gasteiger partial charge >= 0.3 is 5.69 Å². The number of hydrogen-bond donors (Lipinski definition) is 2. The molecule has 0 aromatic carbocycles. The topological polar surface area (TPSA) is 89.1 Å². The lowest BCUT2D eigenvalue weighted by molar-refractivity contribution is 0.875. The predicted octanol–water partition coefficient (Wildman–Crippen LogP) is 0.0707. The van der Waals surface area contributed by atoms with Gasteiger partial charge in [0, 0.05) is 0 Å². The normalized spacial score (nSPS) is 10.9. The third kappa shape index (κ3) is 1.12. The Bertz CT molecular complexity index is 528. The number of nitrogen functional groups attached to an aromatic ring is 1. The van der Waals surface area contributed by atoms with Crippen LogP contribution in [0.3, 0.4) is 0 Å². The van der Waals surface area contributed by atoms with Crippen LogP contribution < -0.4 is 11.4 Å². The summed E-state index contributed by atoms with van der Waals surface area (Å²) in [6, 6.07) is 0. The lowest BCUT2D eigenvalue weighted by Crippen LogP contribution is -2.16. The molecule has 2 rings (SSSR count). The van der Waals surface area contributed by atoms with Gasteiger partial charge in [0.1, 0.15) is 0 Å². The Balaban J connectivity index is 3.03. The van der Waals surface area contributed by atoms with E-state index in [1.54, 1.807) is 6.92 Å². The Morgan fingerprint density at radius 3 is 3.00 bits per heavy atom. The average Bonchev–Trinajstić information content (AvgIpc) is 2.32. The van der Waals surface area contributed by atoms with Gasteiger partial charge in [0.25, 0.3) is 0 Å². The number of nitrogens with two attached hydrogens (primary N) is 1. The van der Waals surface area contributed by atoms with E-state index >= 15 is 0 Å². The van der Waals surface area contributed by atoms with Crippen molar-refractivity contribution in [3.63, 3.8) is 0 Å². The van der Waals surface area contributed by atoms with Crippen molar-refractivity contribution in [1.82, 2.24) is 19.6 Å². The van der Waals surface area contributed by atoms with Crippen LogP contribution in [0, 0.1) is 6.92 Å². The van der Waals surface area contributed by atoms with Crippen LogP contribution >= 0.6 is 15.9 Å². The maximum Gasteiger partial charge on any atom is 0.349 e. The van der Waals surface area contributed by atoms with Gasteiger partial charge in [0.05, 0.1) is 10.2 Å². The van der Waals surface area contributed by atoms with Gasteiger partial charge in [-0.15, -0.1) is 0 Å². The zero-order valence-electron chi connectivity index (χ0n) is 6.71. The zero-order chi connectivity index (χ0) is 9.59. The summed E-state index contributed by atoms with van der Waals surface area (Å²) in [5, 5.41) is 4.07. The number of rotatable bonds is 0. The van der Waals surface area contributed by atoms with Crippen molar-refractivity contribution >= 4 is 27.5 Å². The molecule has 7 heteroatoms. The molecule has 13 heavy (non-hydrogen) atoms. The molecule has 0 spiro atoms.